The molecule has 22 heavy (non-hydrogen) atoms. The number of hydrogen-bond donors (Lipinski definition) is 0. The molecular formula is C18H16O4. The lowest BCUT2D eigenvalue weighted by molar-refractivity contribution is 0.0554. The number of carbonyl (C=O) groups is 2. The number of methoxy groups -OCH3 is 2. The number of hydrogen-bond acceptors (Lipinski definition) is 4. The monoisotopic (exact) mass is 296 g/mol. The Kier molecular flexibility index (Phi) is 2.76. The SMILES string of the molecule is COC(=O)c1ccc2c(c1C(=O)OC)C1C=CC3C=CC2C31. The van der Waals surface area contributed by atoms with Gasteiger partial charge in [0.1, 0.15) is 0 Å². The Morgan fingerprint density at radius 2 is 1.59 bits per heavy atom. The van der Waals surface area contributed by atoms with Crippen molar-refractivity contribution in [1.29, 1.82) is 0 Å². The zero-order valence-corrected chi connectivity index (χ0v) is 12.4. The average Bonchev–Trinajstić information content (AvgIpc) is 3.21. The van der Waals surface area contributed by atoms with Crippen LogP contribution in [0.4, 0.5) is 0 Å². The lowest BCUT2D eigenvalue weighted by Crippen LogP contribution is -2.16. The second kappa shape index (κ2) is 4.57. The van der Waals surface area contributed by atoms with Crippen LogP contribution >= 0.6 is 0 Å². The summed E-state index contributed by atoms with van der Waals surface area (Å²) in [6.07, 6.45) is 8.81. The smallest absolute Gasteiger partial charge is 0.339 e. The Hall–Kier alpha value is -2.36. The maximum absolute atomic E-state index is 12.3. The van der Waals surface area contributed by atoms with Crippen LogP contribution in [0.5, 0.6) is 0 Å². The molecule has 0 fully saturated rings. The molecule has 4 heteroatoms. The summed E-state index contributed by atoms with van der Waals surface area (Å²) in [6.45, 7) is 0. The highest BCUT2D eigenvalue weighted by molar-refractivity contribution is 6.05. The zero-order valence-electron chi connectivity index (χ0n) is 12.4. The normalized spacial score (nSPS) is 29.4. The van der Waals surface area contributed by atoms with Gasteiger partial charge in [-0.15, -0.1) is 0 Å². The molecule has 4 atom stereocenters. The van der Waals surface area contributed by atoms with Gasteiger partial charge >= 0.3 is 11.9 Å². The van der Waals surface area contributed by atoms with E-state index in [0.717, 1.165) is 11.1 Å². The van der Waals surface area contributed by atoms with Gasteiger partial charge in [-0.3, -0.25) is 0 Å². The van der Waals surface area contributed by atoms with Gasteiger partial charge in [-0.25, -0.2) is 9.59 Å². The number of ether oxygens (including phenoxy) is 2. The molecule has 0 bridgehead atoms. The van der Waals surface area contributed by atoms with Gasteiger partial charge in [0.2, 0.25) is 0 Å². The quantitative estimate of drug-likeness (QED) is 0.622. The summed E-state index contributed by atoms with van der Waals surface area (Å²) >= 11 is 0. The van der Waals surface area contributed by atoms with Crippen molar-refractivity contribution in [3.05, 3.63) is 58.7 Å². The van der Waals surface area contributed by atoms with E-state index in [0.29, 0.717) is 23.3 Å². The minimum Gasteiger partial charge on any atom is -0.465 e. The van der Waals surface area contributed by atoms with E-state index in [2.05, 4.69) is 24.3 Å². The van der Waals surface area contributed by atoms with Crippen LogP contribution in [0, 0.1) is 11.8 Å². The van der Waals surface area contributed by atoms with E-state index in [1.54, 1.807) is 6.07 Å². The predicted molar refractivity (Wildman–Crippen MR) is 79.9 cm³/mol. The van der Waals surface area contributed by atoms with E-state index in [9.17, 15) is 9.59 Å². The predicted octanol–water partition coefficient (Wildman–Crippen LogP) is 2.81. The van der Waals surface area contributed by atoms with Crippen LogP contribution in [0.25, 0.3) is 0 Å². The van der Waals surface area contributed by atoms with E-state index in [4.69, 9.17) is 9.47 Å². The number of allylic oxidation sites excluding steroid dienone is 4. The fraction of sp³-hybridized carbons (Fsp3) is 0.333. The lowest BCUT2D eigenvalue weighted by Gasteiger charge is -2.16. The van der Waals surface area contributed by atoms with E-state index >= 15 is 0 Å². The van der Waals surface area contributed by atoms with Crippen molar-refractivity contribution in [3.8, 4) is 0 Å². The topological polar surface area (TPSA) is 52.6 Å². The number of fused-ring (bicyclic) bond motifs is 3. The molecule has 0 aliphatic heterocycles. The first-order valence-corrected chi connectivity index (χ1v) is 7.37. The molecule has 0 spiro atoms. The summed E-state index contributed by atoms with van der Waals surface area (Å²) < 4.78 is 9.76. The number of esters is 2. The van der Waals surface area contributed by atoms with Gasteiger partial charge in [-0.1, -0.05) is 30.4 Å². The van der Waals surface area contributed by atoms with Gasteiger partial charge < -0.3 is 9.47 Å². The third kappa shape index (κ3) is 1.52. The zero-order chi connectivity index (χ0) is 15.4. The molecule has 4 nitrogen and oxygen atoms in total. The molecule has 4 rings (SSSR count). The molecule has 0 aromatic heterocycles. The molecule has 0 N–H and O–H groups in total. The minimum atomic E-state index is -0.505. The molecule has 1 aromatic rings. The third-order valence-electron chi connectivity index (χ3n) is 5.12. The highest BCUT2D eigenvalue weighted by Gasteiger charge is 2.49. The van der Waals surface area contributed by atoms with Crippen molar-refractivity contribution < 1.29 is 19.1 Å². The van der Waals surface area contributed by atoms with Crippen molar-refractivity contribution in [3.63, 3.8) is 0 Å². The van der Waals surface area contributed by atoms with Gasteiger partial charge in [0.15, 0.2) is 0 Å². The summed E-state index contributed by atoms with van der Waals surface area (Å²) in [7, 11) is 2.66. The summed E-state index contributed by atoms with van der Waals surface area (Å²) in [5.74, 6) is 0.363. The Morgan fingerprint density at radius 1 is 0.909 bits per heavy atom. The number of carbonyl (C=O) groups excluding carboxylic acids is 2. The van der Waals surface area contributed by atoms with Crippen LogP contribution in [0.3, 0.4) is 0 Å². The highest BCUT2D eigenvalue weighted by Crippen LogP contribution is 2.59. The van der Waals surface area contributed by atoms with Crippen molar-refractivity contribution in [1.82, 2.24) is 0 Å². The summed E-state index contributed by atoms with van der Waals surface area (Å²) in [5.41, 5.74) is 2.72. The molecule has 0 amide bonds. The maximum Gasteiger partial charge on any atom is 0.339 e. The van der Waals surface area contributed by atoms with Crippen LogP contribution < -0.4 is 0 Å². The Bertz CT molecular complexity index is 744. The maximum atomic E-state index is 12.3. The van der Waals surface area contributed by atoms with Crippen LogP contribution in [0.1, 0.15) is 43.7 Å². The largest absolute Gasteiger partial charge is 0.465 e. The van der Waals surface area contributed by atoms with Crippen LogP contribution in [0.15, 0.2) is 36.4 Å². The van der Waals surface area contributed by atoms with E-state index in [1.165, 1.54) is 14.2 Å². The van der Waals surface area contributed by atoms with E-state index in [1.807, 2.05) is 6.07 Å². The molecule has 0 radical (unpaired) electrons. The minimum absolute atomic E-state index is 0.165. The molecule has 3 aliphatic carbocycles. The van der Waals surface area contributed by atoms with Crippen LogP contribution in [-0.2, 0) is 9.47 Å². The van der Waals surface area contributed by atoms with Gasteiger partial charge in [0.05, 0.1) is 25.3 Å². The Labute approximate surface area is 128 Å². The van der Waals surface area contributed by atoms with Gasteiger partial charge in [-0.05, 0) is 29.0 Å². The second-order valence-electron chi connectivity index (χ2n) is 5.95. The highest BCUT2D eigenvalue weighted by atomic mass is 16.5. The standard InChI is InChI=1S/C18H16O4/c1-21-17(19)13-8-7-11-10-5-3-9-4-6-12(14(9)10)15(11)16(13)18(20)22-2/h3-10,12,14H,1-2H3. The molecule has 0 saturated heterocycles. The van der Waals surface area contributed by atoms with Gasteiger partial charge in [0, 0.05) is 11.8 Å². The number of benzene rings is 1. The van der Waals surface area contributed by atoms with Crippen LogP contribution in [0.2, 0.25) is 0 Å². The fourth-order valence-electron chi connectivity index (χ4n) is 4.26. The van der Waals surface area contributed by atoms with Gasteiger partial charge in [-0.2, -0.15) is 0 Å². The van der Waals surface area contributed by atoms with Crippen molar-refractivity contribution in [2.24, 2.45) is 11.8 Å². The molecule has 0 saturated carbocycles. The molecule has 3 aliphatic rings. The first-order valence-electron chi connectivity index (χ1n) is 7.37. The van der Waals surface area contributed by atoms with Crippen molar-refractivity contribution in [2.45, 2.75) is 11.8 Å². The van der Waals surface area contributed by atoms with E-state index in [-0.39, 0.29) is 11.5 Å². The second-order valence-corrected chi connectivity index (χ2v) is 5.95. The van der Waals surface area contributed by atoms with Crippen molar-refractivity contribution >= 4 is 11.9 Å². The third-order valence-corrected chi connectivity index (χ3v) is 5.12. The summed E-state index contributed by atoms with van der Waals surface area (Å²) in [5, 5.41) is 0. The molecule has 112 valence electrons. The average molecular weight is 296 g/mol. The first kappa shape index (κ1) is 13.3. The molecular weight excluding hydrogens is 280 g/mol. The van der Waals surface area contributed by atoms with E-state index < -0.39 is 11.9 Å². The first-order chi connectivity index (χ1) is 10.7. The number of rotatable bonds is 2. The van der Waals surface area contributed by atoms with Gasteiger partial charge in [0.25, 0.3) is 0 Å². The fourth-order valence-corrected chi connectivity index (χ4v) is 4.26. The Balaban J connectivity index is 1.97. The summed E-state index contributed by atoms with van der Waals surface area (Å²) in [6, 6.07) is 3.64. The van der Waals surface area contributed by atoms with Crippen molar-refractivity contribution in [2.75, 3.05) is 14.2 Å². The summed E-state index contributed by atoms with van der Waals surface area (Å²) in [4.78, 5) is 24.4. The molecule has 1 aromatic carbocycles. The lowest BCUT2D eigenvalue weighted by atomic mass is 9.87. The molecule has 0 heterocycles. The van der Waals surface area contributed by atoms with Crippen LogP contribution in [-0.4, -0.2) is 26.2 Å². The Morgan fingerprint density at radius 3 is 2.27 bits per heavy atom. The molecule has 4 unspecified atom stereocenters.